The number of nitrogens with zero attached hydrogens (tertiary/aromatic N) is 3. The van der Waals surface area contributed by atoms with Gasteiger partial charge in [-0.2, -0.15) is 0 Å². The lowest BCUT2D eigenvalue weighted by Crippen LogP contribution is -2.05. The van der Waals surface area contributed by atoms with Crippen molar-refractivity contribution in [3.8, 4) is 11.4 Å². The Balaban J connectivity index is 1.72. The van der Waals surface area contributed by atoms with Gasteiger partial charge in [0.05, 0.1) is 0 Å². The van der Waals surface area contributed by atoms with Crippen molar-refractivity contribution in [3.63, 3.8) is 0 Å². The third-order valence-electron chi connectivity index (χ3n) is 3.58. The number of amides is 1. The van der Waals surface area contributed by atoms with Crippen LogP contribution in [0, 0.1) is 5.82 Å². The quantitative estimate of drug-likeness (QED) is 0.705. The summed E-state index contributed by atoms with van der Waals surface area (Å²) in [5.41, 5.74) is 2.68. The Labute approximate surface area is 149 Å². The molecule has 0 bridgehead atoms. The molecule has 1 N–H and O–H groups in total. The average molecular weight is 356 g/mol. The molecule has 128 valence electrons. The number of aromatic nitrogens is 3. The Morgan fingerprint density at radius 3 is 2.44 bits per heavy atom. The Kier molecular flexibility index (Phi) is 5.14. The molecule has 7 heteroatoms. The van der Waals surface area contributed by atoms with E-state index >= 15 is 0 Å². The van der Waals surface area contributed by atoms with Crippen molar-refractivity contribution in [2.75, 3.05) is 5.32 Å². The van der Waals surface area contributed by atoms with Crippen LogP contribution in [-0.2, 0) is 17.6 Å². The fourth-order valence-corrected chi connectivity index (χ4v) is 3.19. The molecule has 25 heavy (non-hydrogen) atoms. The summed E-state index contributed by atoms with van der Waals surface area (Å²) in [5.74, 6) is 1.09. The van der Waals surface area contributed by atoms with Gasteiger partial charge in [0.25, 0.3) is 0 Å². The summed E-state index contributed by atoms with van der Waals surface area (Å²) >= 11 is 1.54. The van der Waals surface area contributed by atoms with E-state index in [9.17, 15) is 9.18 Å². The number of thioether (sulfide) groups is 1. The number of benzene rings is 2. The van der Waals surface area contributed by atoms with Gasteiger partial charge >= 0.3 is 0 Å². The molecule has 5 nitrogen and oxygen atoms in total. The predicted octanol–water partition coefficient (Wildman–Crippen LogP) is 3.87. The minimum atomic E-state index is -0.239. The Bertz CT molecular complexity index is 875. The minimum absolute atomic E-state index is 0.106. The van der Waals surface area contributed by atoms with Gasteiger partial charge in [0, 0.05) is 31.0 Å². The van der Waals surface area contributed by atoms with E-state index in [1.54, 1.807) is 23.9 Å². The number of anilines is 1. The monoisotopic (exact) mass is 356 g/mol. The fourth-order valence-electron chi connectivity index (χ4n) is 2.33. The van der Waals surface area contributed by atoms with E-state index in [0.717, 1.165) is 27.8 Å². The molecule has 1 aromatic heterocycles. The highest BCUT2D eigenvalue weighted by molar-refractivity contribution is 7.98. The van der Waals surface area contributed by atoms with Crippen molar-refractivity contribution in [2.24, 2.45) is 7.05 Å². The highest BCUT2D eigenvalue weighted by atomic mass is 32.2. The molecule has 0 saturated heterocycles. The summed E-state index contributed by atoms with van der Waals surface area (Å²) < 4.78 is 14.9. The van der Waals surface area contributed by atoms with E-state index in [4.69, 9.17) is 0 Å². The van der Waals surface area contributed by atoms with Crippen LogP contribution in [0.4, 0.5) is 10.1 Å². The van der Waals surface area contributed by atoms with E-state index in [1.165, 1.54) is 19.1 Å². The molecule has 0 atom stereocenters. The molecule has 0 aliphatic heterocycles. The summed E-state index contributed by atoms with van der Waals surface area (Å²) in [6.07, 6.45) is 0. The second-order valence-corrected chi connectivity index (χ2v) is 6.48. The topological polar surface area (TPSA) is 59.8 Å². The van der Waals surface area contributed by atoms with E-state index in [1.807, 2.05) is 35.9 Å². The molecule has 1 heterocycles. The zero-order valence-electron chi connectivity index (χ0n) is 13.9. The zero-order valence-corrected chi connectivity index (χ0v) is 14.7. The molecule has 0 unspecified atom stereocenters. The maximum Gasteiger partial charge on any atom is 0.221 e. The van der Waals surface area contributed by atoms with Crippen LogP contribution in [0.25, 0.3) is 11.4 Å². The lowest BCUT2D eigenvalue weighted by molar-refractivity contribution is -0.114. The molecule has 3 aromatic rings. The first-order valence-corrected chi connectivity index (χ1v) is 8.66. The number of halogens is 1. The highest BCUT2D eigenvalue weighted by Crippen LogP contribution is 2.26. The molecule has 0 spiro atoms. The first-order valence-electron chi connectivity index (χ1n) is 7.67. The Morgan fingerprint density at radius 2 is 1.80 bits per heavy atom. The summed E-state index contributed by atoms with van der Waals surface area (Å²) in [5, 5.41) is 12.0. The van der Waals surface area contributed by atoms with Gasteiger partial charge in [0.1, 0.15) is 5.82 Å². The largest absolute Gasteiger partial charge is 0.326 e. The second-order valence-electron chi connectivity index (χ2n) is 5.54. The van der Waals surface area contributed by atoms with Crippen molar-refractivity contribution in [1.29, 1.82) is 0 Å². The lowest BCUT2D eigenvalue weighted by Gasteiger charge is -2.06. The van der Waals surface area contributed by atoms with Gasteiger partial charge in [-0.3, -0.25) is 4.79 Å². The molecule has 0 aliphatic carbocycles. The van der Waals surface area contributed by atoms with Crippen molar-refractivity contribution < 1.29 is 9.18 Å². The molecular formula is C18H17FN4OS. The molecular weight excluding hydrogens is 339 g/mol. The summed E-state index contributed by atoms with van der Waals surface area (Å²) in [6.45, 7) is 1.47. The Morgan fingerprint density at radius 1 is 1.12 bits per heavy atom. The second kappa shape index (κ2) is 7.48. The number of nitrogens with one attached hydrogen (secondary N) is 1. The number of hydrogen-bond donors (Lipinski definition) is 1. The Hall–Kier alpha value is -2.67. The lowest BCUT2D eigenvalue weighted by atomic mass is 10.2. The van der Waals surface area contributed by atoms with Gasteiger partial charge < -0.3 is 9.88 Å². The van der Waals surface area contributed by atoms with Crippen LogP contribution < -0.4 is 5.32 Å². The maximum atomic E-state index is 12.9. The number of hydrogen-bond acceptors (Lipinski definition) is 4. The molecule has 0 radical (unpaired) electrons. The normalized spacial score (nSPS) is 10.7. The van der Waals surface area contributed by atoms with Crippen LogP contribution in [0.5, 0.6) is 0 Å². The van der Waals surface area contributed by atoms with Crippen molar-refractivity contribution >= 4 is 23.4 Å². The maximum absolute atomic E-state index is 12.9. The number of carbonyl (C=O) groups excluding carboxylic acids is 1. The van der Waals surface area contributed by atoms with Crippen molar-refractivity contribution in [2.45, 2.75) is 17.8 Å². The van der Waals surface area contributed by atoms with E-state index in [0.29, 0.717) is 5.75 Å². The van der Waals surface area contributed by atoms with Crippen molar-refractivity contribution in [3.05, 3.63) is 59.9 Å². The highest BCUT2D eigenvalue weighted by Gasteiger charge is 2.11. The third kappa shape index (κ3) is 4.24. The first kappa shape index (κ1) is 17.2. The van der Waals surface area contributed by atoms with Crippen LogP contribution in [0.2, 0.25) is 0 Å². The van der Waals surface area contributed by atoms with Crippen LogP contribution in [0.1, 0.15) is 12.5 Å². The van der Waals surface area contributed by atoms with Crippen LogP contribution in [0.15, 0.2) is 53.7 Å². The third-order valence-corrected chi connectivity index (χ3v) is 4.67. The molecule has 3 rings (SSSR count). The molecule has 2 aromatic carbocycles. The van der Waals surface area contributed by atoms with Gasteiger partial charge in [-0.05, 0) is 42.0 Å². The van der Waals surface area contributed by atoms with Crippen LogP contribution >= 0.6 is 11.8 Å². The van der Waals surface area contributed by atoms with Gasteiger partial charge in [-0.15, -0.1) is 10.2 Å². The van der Waals surface area contributed by atoms with Crippen molar-refractivity contribution in [1.82, 2.24) is 14.8 Å². The fraction of sp³-hybridized carbons (Fsp3) is 0.167. The first-order chi connectivity index (χ1) is 12.0. The average Bonchev–Trinajstić information content (AvgIpc) is 2.95. The number of carbonyl (C=O) groups is 1. The van der Waals surface area contributed by atoms with E-state index in [2.05, 4.69) is 15.5 Å². The van der Waals surface area contributed by atoms with Gasteiger partial charge in [0.2, 0.25) is 5.91 Å². The smallest absolute Gasteiger partial charge is 0.221 e. The number of rotatable bonds is 5. The molecule has 1 amide bonds. The standard InChI is InChI=1S/C18H17FN4OS/c1-12(24)20-16-9-5-14(6-10-16)17-21-22-18(23(17)2)25-11-13-3-7-15(19)8-4-13/h3-10H,11H2,1-2H3,(H,20,24). The SMILES string of the molecule is CC(=O)Nc1ccc(-c2nnc(SCc3ccc(F)cc3)n2C)cc1. The summed E-state index contributed by atoms with van der Waals surface area (Å²) in [7, 11) is 1.91. The van der Waals surface area contributed by atoms with E-state index in [-0.39, 0.29) is 11.7 Å². The van der Waals surface area contributed by atoms with Gasteiger partial charge in [0.15, 0.2) is 11.0 Å². The van der Waals surface area contributed by atoms with Crippen LogP contribution in [0.3, 0.4) is 0 Å². The molecule has 0 fully saturated rings. The van der Waals surface area contributed by atoms with Crippen LogP contribution in [-0.4, -0.2) is 20.7 Å². The van der Waals surface area contributed by atoms with Gasteiger partial charge in [-0.1, -0.05) is 23.9 Å². The predicted molar refractivity (Wildman–Crippen MR) is 96.7 cm³/mol. The van der Waals surface area contributed by atoms with E-state index < -0.39 is 0 Å². The van der Waals surface area contributed by atoms with Gasteiger partial charge in [-0.25, -0.2) is 4.39 Å². The molecule has 0 saturated carbocycles. The summed E-state index contributed by atoms with van der Waals surface area (Å²) in [6, 6.07) is 13.9. The minimum Gasteiger partial charge on any atom is -0.326 e. The molecule has 0 aliphatic rings. The zero-order chi connectivity index (χ0) is 17.8. The summed E-state index contributed by atoms with van der Waals surface area (Å²) in [4.78, 5) is 11.1.